The normalized spacial score (nSPS) is 25.9. The van der Waals surface area contributed by atoms with Gasteiger partial charge in [-0.2, -0.15) is 0 Å². The second-order valence-electron chi connectivity index (χ2n) is 4.86. The summed E-state index contributed by atoms with van der Waals surface area (Å²) in [5, 5.41) is 0. The van der Waals surface area contributed by atoms with Crippen molar-refractivity contribution in [1.82, 2.24) is 0 Å². The first-order valence-corrected chi connectivity index (χ1v) is 5.71. The number of anilines is 2. The van der Waals surface area contributed by atoms with Crippen LogP contribution in [0.2, 0.25) is 0 Å². The monoisotopic (exact) mass is 204 g/mol. The van der Waals surface area contributed by atoms with Crippen LogP contribution >= 0.6 is 0 Å². The summed E-state index contributed by atoms with van der Waals surface area (Å²) in [7, 11) is 0. The number of nitrogens with two attached hydrogens (primary N) is 1. The van der Waals surface area contributed by atoms with Crippen molar-refractivity contribution in [1.29, 1.82) is 0 Å². The quantitative estimate of drug-likeness (QED) is 0.713. The van der Waals surface area contributed by atoms with Crippen LogP contribution in [-0.4, -0.2) is 12.6 Å². The number of hydrogen-bond donors (Lipinski definition) is 1. The van der Waals surface area contributed by atoms with Gasteiger partial charge in [-0.3, -0.25) is 0 Å². The summed E-state index contributed by atoms with van der Waals surface area (Å²) in [6.45, 7) is 7.87. The fraction of sp³-hybridized carbons (Fsp3) is 0.538. The number of nitrogens with zero attached hydrogens (tertiary/aromatic N) is 1. The van der Waals surface area contributed by atoms with E-state index in [2.05, 4.69) is 31.7 Å². The molecule has 0 bridgehead atoms. The second-order valence-corrected chi connectivity index (χ2v) is 4.86. The first kappa shape index (κ1) is 10.3. The molecule has 1 aromatic rings. The minimum Gasteiger partial charge on any atom is -0.397 e. The van der Waals surface area contributed by atoms with Crippen LogP contribution in [0.5, 0.6) is 0 Å². The largest absolute Gasteiger partial charge is 0.397 e. The SMILES string of the molecule is Cc1cccc(N)c1N1CC(C)CC1C. The zero-order chi connectivity index (χ0) is 11.0. The molecule has 0 radical (unpaired) electrons. The average molecular weight is 204 g/mol. The molecule has 0 spiro atoms. The van der Waals surface area contributed by atoms with Crippen LogP contribution in [0.25, 0.3) is 0 Å². The molecule has 1 saturated heterocycles. The van der Waals surface area contributed by atoms with Gasteiger partial charge in [0.2, 0.25) is 0 Å². The molecule has 0 aliphatic carbocycles. The Morgan fingerprint density at radius 2 is 2.07 bits per heavy atom. The molecule has 2 rings (SSSR count). The van der Waals surface area contributed by atoms with Crippen molar-refractivity contribution >= 4 is 11.4 Å². The third kappa shape index (κ3) is 1.81. The van der Waals surface area contributed by atoms with Crippen molar-refractivity contribution in [2.75, 3.05) is 17.2 Å². The molecule has 0 amide bonds. The molecule has 0 saturated carbocycles. The van der Waals surface area contributed by atoms with Crippen molar-refractivity contribution in [3.63, 3.8) is 0 Å². The predicted molar refractivity (Wildman–Crippen MR) is 66.2 cm³/mol. The minimum absolute atomic E-state index is 0.614. The highest BCUT2D eigenvalue weighted by Gasteiger charge is 2.28. The Balaban J connectivity index is 2.37. The highest BCUT2D eigenvalue weighted by Crippen LogP contribution is 2.34. The molecule has 1 heterocycles. The number of rotatable bonds is 1. The number of para-hydroxylation sites is 1. The fourth-order valence-corrected chi connectivity index (χ4v) is 2.69. The third-order valence-corrected chi connectivity index (χ3v) is 3.34. The van der Waals surface area contributed by atoms with Crippen LogP contribution in [0, 0.1) is 12.8 Å². The lowest BCUT2D eigenvalue weighted by atomic mass is 10.1. The van der Waals surface area contributed by atoms with Crippen molar-refractivity contribution in [2.24, 2.45) is 5.92 Å². The molecule has 0 aromatic heterocycles. The molecule has 82 valence electrons. The van der Waals surface area contributed by atoms with Gasteiger partial charge in [-0.15, -0.1) is 0 Å². The molecule has 2 N–H and O–H groups in total. The Morgan fingerprint density at radius 3 is 2.60 bits per heavy atom. The Hall–Kier alpha value is -1.18. The summed E-state index contributed by atoms with van der Waals surface area (Å²) in [4.78, 5) is 2.45. The predicted octanol–water partition coefficient (Wildman–Crippen LogP) is 2.81. The molecule has 2 atom stereocenters. The van der Waals surface area contributed by atoms with E-state index in [1.807, 2.05) is 12.1 Å². The van der Waals surface area contributed by atoms with Gasteiger partial charge < -0.3 is 10.6 Å². The van der Waals surface area contributed by atoms with E-state index in [4.69, 9.17) is 5.73 Å². The molecule has 2 heteroatoms. The van der Waals surface area contributed by atoms with Crippen molar-refractivity contribution in [3.8, 4) is 0 Å². The zero-order valence-electron chi connectivity index (χ0n) is 9.83. The Morgan fingerprint density at radius 1 is 1.33 bits per heavy atom. The molecule has 1 fully saturated rings. The zero-order valence-corrected chi connectivity index (χ0v) is 9.83. The van der Waals surface area contributed by atoms with Gasteiger partial charge in [-0.05, 0) is 37.8 Å². The van der Waals surface area contributed by atoms with Gasteiger partial charge >= 0.3 is 0 Å². The van der Waals surface area contributed by atoms with Crippen molar-refractivity contribution in [2.45, 2.75) is 33.2 Å². The maximum absolute atomic E-state index is 6.07. The lowest BCUT2D eigenvalue weighted by Crippen LogP contribution is -2.28. The summed E-state index contributed by atoms with van der Waals surface area (Å²) < 4.78 is 0. The van der Waals surface area contributed by atoms with Crippen LogP contribution in [0.15, 0.2) is 18.2 Å². The van der Waals surface area contributed by atoms with Crippen LogP contribution in [-0.2, 0) is 0 Å². The van der Waals surface area contributed by atoms with E-state index in [1.165, 1.54) is 17.7 Å². The standard InChI is InChI=1S/C13H20N2/c1-9-7-11(3)15(8-9)13-10(2)5-4-6-12(13)14/h4-6,9,11H,7-8,14H2,1-3H3. The van der Waals surface area contributed by atoms with Crippen LogP contribution < -0.4 is 10.6 Å². The van der Waals surface area contributed by atoms with Gasteiger partial charge in [0.25, 0.3) is 0 Å². The first-order valence-electron chi connectivity index (χ1n) is 5.71. The second kappa shape index (κ2) is 3.76. The highest BCUT2D eigenvalue weighted by atomic mass is 15.2. The lowest BCUT2D eigenvalue weighted by molar-refractivity contribution is 0.625. The molecule has 15 heavy (non-hydrogen) atoms. The summed E-state index contributed by atoms with van der Waals surface area (Å²) in [6, 6.07) is 6.78. The number of nitrogen functional groups attached to an aromatic ring is 1. The van der Waals surface area contributed by atoms with E-state index < -0.39 is 0 Å². The van der Waals surface area contributed by atoms with Gasteiger partial charge in [0.05, 0.1) is 11.4 Å². The Labute approximate surface area is 92.1 Å². The number of hydrogen-bond acceptors (Lipinski definition) is 2. The maximum Gasteiger partial charge on any atom is 0.0632 e. The molecule has 1 aliphatic heterocycles. The van der Waals surface area contributed by atoms with Gasteiger partial charge in [0.1, 0.15) is 0 Å². The number of aryl methyl sites for hydroxylation is 1. The first-order chi connectivity index (χ1) is 7.09. The summed E-state index contributed by atoms with van der Waals surface area (Å²) in [5.74, 6) is 0.777. The van der Waals surface area contributed by atoms with Gasteiger partial charge in [0, 0.05) is 12.6 Å². The third-order valence-electron chi connectivity index (χ3n) is 3.34. The topological polar surface area (TPSA) is 29.3 Å². The number of benzene rings is 1. The smallest absolute Gasteiger partial charge is 0.0632 e. The van der Waals surface area contributed by atoms with Crippen molar-refractivity contribution in [3.05, 3.63) is 23.8 Å². The molecule has 2 unspecified atom stereocenters. The Bertz CT molecular complexity index is 339. The minimum atomic E-state index is 0.614. The van der Waals surface area contributed by atoms with E-state index in [1.54, 1.807) is 0 Å². The van der Waals surface area contributed by atoms with Crippen molar-refractivity contribution < 1.29 is 0 Å². The summed E-state index contributed by atoms with van der Waals surface area (Å²) in [6.07, 6.45) is 1.27. The van der Waals surface area contributed by atoms with E-state index in [-0.39, 0.29) is 0 Å². The Kier molecular flexibility index (Phi) is 2.59. The molecule has 1 aromatic carbocycles. The highest BCUT2D eigenvalue weighted by molar-refractivity contribution is 5.72. The van der Waals surface area contributed by atoms with Gasteiger partial charge in [0.15, 0.2) is 0 Å². The summed E-state index contributed by atoms with van der Waals surface area (Å²) in [5.41, 5.74) is 9.51. The molecule has 2 nitrogen and oxygen atoms in total. The molecular formula is C13H20N2. The van der Waals surface area contributed by atoms with Gasteiger partial charge in [-0.1, -0.05) is 19.1 Å². The maximum atomic E-state index is 6.07. The van der Waals surface area contributed by atoms with E-state index in [0.29, 0.717) is 6.04 Å². The van der Waals surface area contributed by atoms with Crippen LogP contribution in [0.4, 0.5) is 11.4 Å². The summed E-state index contributed by atoms with van der Waals surface area (Å²) >= 11 is 0. The van der Waals surface area contributed by atoms with Gasteiger partial charge in [-0.25, -0.2) is 0 Å². The average Bonchev–Trinajstić information content (AvgIpc) is 2.45. The van der Waals surface area contributed by atoms with E-state index in [0.717, 1.165) is 18.2 Å². The van der Waals surface area contributed by atoms with E-state index >= 15 is 0 Å². The molecular weight excluding hydrogens is 184 g/mol. The van der Waals surface area contributed by atoms with Crippen LogP contribution in [0.3, 0.4) is 0 Å². The lowest BCUT2D eigenvalue weighted by Gasteiger charge is -2.27. The fourth-order valence-electron chi connectivity index (χ4n) is 2.69. The van der Waals surface area contributed by atoms with E-state index in [9.17, 15) is 0 Å². The van der Waals surface area contributed by atoms with Crippen LogP contribution in [0.1, 0.15) is 25.8 Å². The molecule has 1 aliphatic rings.